The average Bonchev–Trinajstić information content (AvgIpc) is 2.31. The Morgan fingerprint density at radius 1 is 1.62 bits per heavy atom. The summed E-state index contributed by atoms with van der Waals surface area (Å²) in [4.78, 5) is 10.6. The largest absolute Gasteiger partial charge is 0.494 e. The van der Waals surface area contributed by atoms with Crippen LogP contribution in [0.4, 0.5) is 13.2 Å². The van der Waals surface area contributed by atoms with Crippen LogP contribution in [0.1, 0.15) is 0 Å². The van der Waals surface area contributed by atoms with Crippen LogP contribution >= 0.6 is 0 Å². The van der Waals surface area contributed by atoms with Gasteiger partial charge in [0.1, 0.15) is 6.61 Å². The molecule has 13 heavy (non-hydrogen) atoms. The van der Waals surface area contributed by atoms with Crippen LogP contribution in [0.25, 0.3) is 0 Å². The van der Waals surface area contributed by atoms with Gasteiger partial charge in [0.05, 0.1) is 6.26 Å². The summed E-state index contributed by atoms with van der Waals surface area (Å²) >= 11 is 0. The molecule has 6 heteroatoms. The zero-order valence-corrected chi connectivity index (χ0v) is 6.50. The minimum absolute atomic E-state index is 0.380. The van der Waals surface area contributed by atoms with E-state index in [1.165, 1.54) is 0 Å². The van der Waals surface area contributed by atoms with E-state index in [0.717, 1.165) is 6.26 Å². The highest BCUT2D eigenvalue weighted by atomic mass is 19.4. The van der Waals surface area contributed by atoms with E-state index in [-0.39, 0.29) is 6.61 Å². The fraction of sp³-hybridized carbons (Fsp3) is 0.571. The number of ether oxygens (including phenoxy) is 2. The summed E-state index contributed by atoms with van der Waals surface area (Å²) in [6, 6.07) is 0. The van der Waals surface area contributed by atoms with Crippen molar-refractivity contribution in [3.8, 4) is 0 Å². The molecule has 0 aliphatic carbocycles. The van der Waals surface area contributed by atoms with Gasteiger partial charge in [-0.05, 0) is 0 Å². The van der Waals surface area contributed by atoms with Crippen molar-refractivity contribution < 1.29 is 27.4 Å². The highest BCUT2D eigenvalue weighted by Crippen LogP contribution is 2.34. The number of alkyl halides is 3. The lowest BCUT2D eigenvalue weighted by atomic mass is 10.1. The highest BCUT2D eigenvalue weighted by molar-refractivity contribution is 5.76. The monoisotopic (exact) mass is 196 g/mol. The molecule has 0 aromatic carbocycles. The Balaban J connectivity index is 2.77. The second-order valence-electron chi connectivity index (χ2n) is 2.49. The summed E-state index contributed by atoms with van der Waals surface area (Å²) in [6.45, 7) is 2.73. The lowest BCUT2D eigenvalue weighted by molar-refractivity contribution is -0.196. The first-order chi connectivity index (χ1) is 5.96. The predicted molar refractivity (Wildman–Crippen MR) is 35.6 cm³/mol. The molecule has 1 fully saturated rings. The molecule has 2 unspecified atom stereocenters. The Hall–Kier alpha value is -1.20. The van der Waals surface area contributed by atoms with E-state index < -0.39 is 24.2 Å². The van der Waals surface area contributed by atoms with E-state index in [2.05, 4.69) is 16.1 Å². The topological polar surface area (TPSA) is 35.5 Å². The SMILES string of the molecule is C=COC1COC(=O)C1C(F)(F)F. The third-order valence-electron chi connectivity index (χ3n) is 1.64. The van der Waals surface area contributed by atoms with Crippen molar-refractivity contribution in [1.82, 2.24) is 0 Å². The summed E-state index contributed by atoms with van der Waals surface area (Å²) in [5.41, 5.74) is 0. The molecule has 0 spiro atoms. The van der Waals surface area contributed by atoms with Gasteiger partial charge in [0.15, 0.2) is 12.0 Å². The van der Waals surface area contributed by atoms with Crippen molar-refractivity contribution in [2.24, 2.45) is 5.92 Å². The molecule has 1 rings (SSSR count). The highest BCUT2D eigenvalue weighted by Gasteiger charge is 2.55. The smallest absolute Gasteiger partial charge is 0.405 e. The van der Waals surface area contributed by atoms with Crippen molar-refractivity contribution in [3.05, 3.63) is 12.8 Å². The van der Waals surface area contributed by atoms with Crippen molar-refractivity contribution in [2.75, 3.05) is 6.61 Å². The van der Waals surface area contributed by atoms with Gasteiger partial charge >= 0.3 is 12.1 Å². The molecule has 0 saturated carbocycles. The third kappa shape index (κ3) is 1.93. The molecule has 1 saturated heterocycles. The summed E-state index contributed by atoms with van der Waals surface area (Å²) in [5, 5.41) is 0. The number of rotatable bonds is 2. The van der Waals surface area contributed by atoms with Gasteiger partial charge in [-0.3, -0.25) is 4.79 Å². The van der Waals surface area contributed by atoms with Crippen LogP contribution in [0.5, 0.6) is 0 Å². The van der Waals surface area contributed by atoms with Gasteiger partial charge in [0, 0.05) is 0 Å². The molecule has 0 N–H and O–H groups in total. The standard InChI is InChI=1S/C7H7F3O3/c1-2-12-4-3-13-6(11)5(4)7(8,9)10/h2,4-5H,1,3H2. The van der Waals surface area contributed by atoms with Crippen LogP contribution in [-0.2, 0) is 14.3 Å². The number of halogens is 3. The van der Waals surface area contributed by atoms with Crippen LogP contribution in [0.2, 0.25) is 0 Å². The van der Waals surface area contributed by atoms with Crippen LogP contribution in [-0.4, -0.2) is 24.9 Å². The van der Waals surface area contributed by atoms with Crippen LogP contribution in [0.3, 0.4) is 0 Å². The van der Waals surface area contributed by atoms with Crippen molar-refractivity contribution in [2.45, 2.75) is 12.3 Å². The molecule has 74 valence electrons. The van der Waals surface area contributed by atoms with Crippen LogP contribution in [0, 0.1) is 5.92 Å². The number of carbonyl (C=O) groups excluding carboxylic acids is 1. The lowest BCUT2D eigenvalue weighted by Gasteiger charge is -2.16. The van der Waals surface area contributed by atoms with E-state index in [1.807, 2.05) is 0 Å². The molecule has 0 radical (unpaired) electrons. The zero-order chi connectivity index (χ0) is 10.1. The first-order valence-electron chi connectivity index (χ1n) is 3.46. The number of cyclic esters (lactones) is 1. The molecular weight excluding hydrogens is 189 g/mol. The predicted octanol–water partition coefficient (Wildman–Crippen LogP) is 1.25. The second kappa shape index (κ2) is 3.27. The maximum absolute atomic E-state index is 12.2. The third-order valence-corrected chi connectivity index (χ3v) is 1.64. The Morgan fingerprint density at radius 2 is 2.23 bits per heavy atom. The minimum atomic E-state index is -4.62. The molecular formula is C7H7F3O3. The first kappa shape index (κ1) is 9.88. The average molecular weight is 196 g/mol. The van der Waals surface area contributed by atoms with Crippen molar-refractivity contribution in [3.63, 3.8) is 0 Å². The number of carbonyl (C=O) groups is 1. The summed E-state index contributed by atoms with van der Waals surface area (Å²) in [6.07, 6.45) is -5.06. The summed E-state index contributed by atoms with van der Waals surface area (Å²) < 4.78 is 45.2. The number of esters is 1. The lowest BCUT2D eigenvalue weighted by Crippen LogP contribution is -2.36. The van der Waals surface area contributed by atoms with Crippen LogP contribution < -0.4 is 0 Å². The number of hydrogen-bond donors (Lipinski definition) is 0. The molecule has 0 bridgehead atoms. The summed E-state index contributed by atoms with van der Waals surface area (Å²) in [7, 11) is 0. The Kier molecular flexibility index (Phi) is 2.49. The van der Waals surface area contributed by atoms with E-state index >= 15 is 0 Å². The van der Waals surface area contributed by atoms with Gasteiger partial charge in [0.2, 0.25) is 0 Å². The number of hydrogen-bond acceptors (Lipinski definition) is 3. The van der Waals surface area contributed by atoms with Gasteiger partial charge in [-0.1, -0.05) is 6.58 Å². The maximum atomic E-state index is 12.2. The molecule has 0 amide bonds. The minimum Gasteiger partial charge on any atom is -0.494 e. The fourth-order valence-electron chi connectivity index (χ4n) is 1.09. The normalized spacial score (nSPS) is 28.4. The van der Waals surface area contributed by atoms with E-state index in [9.17, 15) is 18.0 Å². The van der Waals surface area contributed by atoms with E-state index in [0.29, 0.717) is 0 Å². The molecule has 1 aliphatic heterocycles. The van der Waals surface area contributed by atoms with Crippen molar-refractivity contribution >= 4 is 5.97 Å². The van der Waals surface area contributed by atoms with Crippen LogP contribution in [0.15, 0.2) is 12.8 Å². The fourth-order valence-corrected chi connectivity index (χ4v) is 1.09. The van der Waals surface area contributed by atoms with Gasteiger partial charge in [-0.2, -0.15) is 13.2 Å². The zero-order valence-electron chi connectivity index (χ0n) is 6.50. The quantitative estimate of drug-likeness (QED) is 0.492. The van der Waals surface area contributed by atoms with Gasteiger partial charge in [0.25, 0.3) is 0 Å². The van der Waals surface area contributed by atoms with Gasteiger partial charge < -0.3 is 9.47 Å². The van der Waals surface area contributed by atoms with Crippen molar-refractivity contribution in [1.29, 1.82) is 0 Å². The van der Waals surface area contributed by atoms with Gasteiger partial charge in [-0.25, -0.2) is 0 Å². The first-order valence-corrected chi connectivity index (χ1v) is 3.46. The second-order valence-corrected chi connectivity index (χ2v) is 2.49. The molecule has 1 heterocycles. The molecule has 2 atom stereocenters. The molecule has 3 nitrogen and oxygen atoms in total. The molecule has 0 aromatic rings. The maximum Gasteiger partial charge on any atom is 0.405 e. The molecule has 0 aromatic heterocycles. The van der Waals surface area contributed by atoms with Gasteiger partial charge in [-0.15, -0.1) is 0 Å². The summed E-state index contributed by atoms with van der Waals surface area (Å²) in [5.74, 6) is -3.48. The van der Waals surface area contributed by atoms with E-state index in [1.54, 1.807) is 0 Å². The Bertz CT molecular complexity index is 224. The Morgan fingerprint density at radius 3 is 2.69 bits per heavy atom. The van der Waals surface area contributed by atoms with E-state index in [4.69, 9.17) is 0 Å². The Labute approximate surface area is 72.1 Å². The molecule has 1 aliphatic rings.